The zero-order valence-electron chi connectivity index (χ0n) is 6.97. The van der Waals surface area contributed by atoms with Crippen LogP contribution in [0.5, 0.6) is 0 Å². The number of alkyl halides is 1. The molecular formula is C8H11BrFNO. The molecular weight excluding hydrogens is 225 g/mol. The van der Waals surface area contributed by atoms with Gasteiger partial charge in [-0.3, -0.25) is 0 Å². The van der Waals surface area contributed by atoms with Gasteiger partial charge >= 0.3 is 0 Å². The summed E-state index contributed by atoms with van der Waals surface area (Å²) in [7, 11) is 0. The molecule has 0 spiro atoms. The quantitative estimate of drug-likeness (QED) is 0.857. The maximum absolute atomic E-state index is 13.3. The number of hydrogen-bond donors (Lipinski definition) is 1. The van der Waals surface area contributed by atoms with E-state index >= 15 is 0 Å². The van der Waals surface area contributed by atoms with E-state index in [9.17, 15) is 4.39 Å². The molecule has 0 saturated heterocycles. The lowest BCUT2D eigenvalue weighted by atomic mass is 10.00. The summed E-state index contributed by atoms with van der Waals surface area (Å²) in [4.78, 5) is 0. The summed E-state index contributed by atoms with van der Waals surface area (Å²) in [5.74, 6) is 0.453. The first-order valence-corrected chi connectivity index (χ1v) is 4.40. The molecule has 1 aromatic rings. The van der Waals surface area contributed by atoms with Crippen molar-refractivity contribution in [3.8, 4) is 0 Å². The highest BCUT2D eigenvalue weighted by Crippen LogP contribution is 2.28. The van der Waals surface area contributed by atoms with Crippen molar-refractivity contribution in [2.24, 2.45) is 5.73 Å². The van der Waals surface area contributed by atoms with Crippen LogP contribution in [0.25, 0.3) is 0 Å². The minimum atomic E-state index is -1.46. The fourth-order valence-corrected chi connectivity index (χ4v) is 1.15. The molecule has 1 rings (SSSR count). The molecule has 4 heteroatoms. The fourth-order valence-electron chi connectivity index (χ4n) is 0.834. The van der Waals surface area contributed by atoms with Gasteiger partial charge in [-0.25, -0.2) is 4.39 Å². The Balaban J connectivity index is 2.85. The summed E-state index contributed by atoms with van der Waals surface area (Å²) in [6, 6.07) is 2.64. The normalized spacial score (nSPS) is 14.8. The predicted octanol–water partition coefficient (Wildman–Crippen LogP) is 2.79. The molecule has 0 aliphatic carbocycles. The van der Waals surface area contributed by atoms with E-state index in [1.165, 1.54) is 13.8 Å². The van der Waals surface area contributed by atoms with Crippen molar-refractivity contribution in [3.05, 3.63) is 22.6 Å². The van der Waals surface area contributed by atoms with Crippen LogP contribution in [0, 0.1) is 0 Å². The molecule has 1 atom stereocenters. The van der Waals surface area contributed by atoms with Crippen molar-refractivity contribution in [3.63, 3.8) is 0 Å². The highest BCUT2D eigenvalue weighted by molar-refractivity contribution is 9.10. The lowest BCUT2D eigenvalue weighted by molar-refractivity contribution is 0.158. The molecule has 1 aromatic heterocycles. The van der Waals surface area contributed by atoms with Crippen molar-refractivity contribution >= 4 is 15.9 Å². The number of hydrogen-bond acceptors (Lipinski definition) is 2. The second-order valence-electron chi connectivity index (χ2n) is 3.18. The van der Waals surface area contributed by atoms with Crippen LogP contribution >= 0.6 is 15.9 Å². The highest BCUT2D eigenvalue weighted by atomic mass is 79.9. The van der Waals surface area contributed by atoms with Gasteiger partial charge in [-0.2, -0.15) is 0 Å². The molecule has 0 aliphatic rings. The SMILES string of the molecule is CC(C)(F)C(N)c1ccc(Br)o1. The van der Waals surface area contributed by atoms with Crippen LogP contribution in [0.3, 0.4) is 0 Å². The van der Waals surface area contributed by atoms with Gasteiger partial charge in [0.25, 0.3) is 0 Å². The number of nitrogens with two attached hydrogens (primary N) is 1. The number of furan rings is 1. The summed E-state index contributed by atoms with van der Waals surface area (Å²) < 4.78 is 19.0. The Morgan fingerprint density at radius 2 is 2.17 bits per heavy atom. The van der Waals surface area contributed by atoms with Crippen LogP contribution < -0.4 is 5.73 Å². The van der Waals surface area contributed by atoms with Crippen LogP contribution in [-0.4, -0.2) is 5.67 Å². The van der Waals surface area contributed by atoms with E-state index in [-0.39, 0.29) is 0 Å². The summed E-state index contributed by atoms with van der Waals surface area (Å²) >= 11 is 3.12. The Morgan fingerprint density at radius 1 is 1.58 bits per heavy atom. The van der Waals surface area contributed by atoms with Gasteiger partial charge in [-0.15, -0.1) is 0 Å². The smallest absolute Gasteiger partial charge is 0.169 e. The second kappa shape index (κ2) is 3.18. The average molecular weight is 236 g/mol. The van der Waals surface area contributed by atoms with Crippen molar-refractivity contribution < 1.29 is 8.81 Å². The molecule has 0 radical (unpaired) electrons. The summed E-state index contributed by atoms with van der Waals surface area (Å²) in [6.07, 6.45) is 0. The zero-order chi connectivity index (χ0) is 9.35. The molecule has 0 aromatic carbocycles. The maximum Gasteiger partial charge on any atom is 0.169 e. The average Bonchev–Trinajstić information content (AvgIpc) is 2.32. The van der Waals surface area contributed by atoms with Gasteiger partial charge in [0.1, 0.15) is 11.4 Å². The molecule has 1 heterocycles. The Labute approximate surface area is 79.1 Å². The lowest BCUT2D eigenvalue weighted by Crippen LogP contribution is -2.30. The molecule has 0 bridgehead atoms. The Morgan fingerprint density at radius 3 is 2.50 bits per heavy atom. The van der Waals surface area contributed by atoms with E-state index in [0.29, 0.717) is 10.4 Å². The van der Waals surface area contributed by atoms with Gasteiger partial charge < -0.3 is 10.2 Å². The lowest BCUT2D eigenvalue weighted by Gasteiger charge is -2.20. The highest BCUT2D eigenvalue weighted by Gasteiger charge is 2.29. The van der Waals surface area contributed by atoms with Gasteiger partial charge in [0.15, 0.2) is 4.67 Å². The van der Waals surface area contributed by atoms with Gasteiger partial charge in [0, 0.05) is 0 Å². The third-order valence-electron chi connectivity index (χ3n) is 1.64. The van der Waals surface area contributed by atoms with Crippen molar-refractivity contribution in [2.45, 2.75) is 25.6 Å². The van der Waals surface area contributed by atoms with E-state index < -0.39 is 11.7 Å². The molecule has 0 saturated carbocycles. The van der Waals surface area contributed by atoms with Crippen molar-refractivity contribution in [2.75, 3.05) is 0 Å². The molecule has 0 fully saturated rings. The van der Waals surface area contributed by atoms with Crippen molar-refractivity contribution in [1.29, 1.82) is 0 Å². The Kier molecular flexibility index (Phi) is 2.58. The minimum Gasteiger partial charge on any atom is -0.453 e. The third-order valence-corrected chi connectivity index (χ3v) is 2.07. The topological polar surface area (TPSA) is 39.2 Å². The molecule has 68 valence electrons. The summed E-state index contributed by atoms with van der Waals surface area (Å²) in [5.41, 5.74) is 4.13. The van der Waals surface area contributed by atoms with Crippen LogP contribution in [0.4, 0.5) is 4.39 Å². The van der Waals surface area contributed by atoms with Crippen LogP contribution in [0.2, 0.25) is 0 Å². The van der Waals surface area contributed by atoms with E-state index in [0.717, 1.165) is 0 Å². The number of halogens is 2. The third kappa shape index (κ3) is 2.08. The Hall–Kier alpha value is -0.350. The van der Waals surface area contributed by atoms with E-state index in [1.807, 2.05) is 0 Å². The molecule has 1 unspecified atom stereocenters. The van der Waals surface area contributed by atoms with E-state index in [2.05, 4.69) is 15.9 Å². The Bertz CT molecular complexity index is 266. The molecule has 0 amide bonds. The van der Waals surface area contributed by atoms with Gasteiger partial charge in [0.05, 0.1) is 6.04 Å². The van der Waals surface area contributed by atoms with Crippen LogP contribution in [0.15, 0.2) is 21.2 Å². The predicted molar refractivity (Wildman–Crippen MR) is 48.5 cm³/mol. The molecule has 12 heavy (non-hydrogen) atoms. The molecule has 2 nitrogen and oxygen atoms in total. The van der Waals surface area contributed by atoms with Gasteiger partial charge in [0.2, 0.25) is 0 Å². The van der Waals surface area contributed by atoms with Crippen molar-refractivity contribution in [1.82, 2.24) is 0 Å². The second-order valence-corrected chi connectivity index (χ2v) is 3.97. The molecule has 0 aliphatic heterocycles. The van der Waals surface area contributed by atoms with E-state index in [4.69, 9.17) is 10.2 Å². The van der Waals surface area contributed by atoms with Crippen LogP contribution in [0.1, 0.15) is 25.6 Å². The largest absolute Gasteiger partial charge is 0.453 e. The fraction of sp³-hybridized carbons (Fsp3) is 0.500. The number of rotatable bonds is 2. The minimum absolute atomic E-state index is 0.453. The van der Waals surface area contributed by atoms with Gasteiger partial charge in [-0.1, -0.05) is 0 Å². The first-order chi connectivity index (χ1) is 5.41. The van der Waals surface area contributed by atoms with E-state index in [1.54, 1.807) is 12.1 Å². The first-order valence-electron chi connectivity index (χ1n) is 3.61. The zero-order valence-corrected chi connectivity index (χ0v) is 8.56. The van der Waals surface area contributed by atoms with Gasteiger partial charge in [-0.05, 0) is 41.9 Å². The first kappa shape index (κ1) is 9.74. The maximum atomic E-state index is 13.3. The summed E-state index contributed by atoms with van der Waals surface area (Å²) in [6.45, 7) is 2.85. The monoisotopic (exact) mass is 235 g/mol. The molecule has 2 N–H and O–H groups in total. The van der Waals surface area contributed by atoms with Crippen LogP contribution in [-0.2, 0) is 0 Å². The summed E-state index contributed by atoms with van der Waals surface area (Å²) in [5, 5.41) is 0. The standard InChI is InChI=1S/C8H11BrFNO/c1-8(2,10)7(11)5-3-4-6(9)12-5/h3-4,7H,11H2,1-2H3.